The fourth-order valence-corrected chi connectivity index (χ4v) is 2.51. The molecular formula is C20H16ClN5. The number of aromatic nitrogens is 3. The molecule has 0 aliphatic heterocycles. The van der Waals surface area contributed by atoms with Crippen LogP contribution in [0.15, 0.2) is 84.4 Å². The van der Waals surface area contributed by atoms with Crippen LogP contribution in [0.2, 0.25) is 0 Å². The molecule has 0 amide bonds. The van der Waals surface area contributed by atoms with E-state index >= 15 is 0 Å². The number of fused-ring (bicyclic) bond motifs is 1. The lowest BCUT2D eigenvalue weighted by atomic mass is 10.2. The lowest BCUT2D eigenvalue weighted by Gasteiger charge is -2.04. The van der Waals surface area contributed by atoms with Crippen LogP contribution in [0.3, 0.4) is 0 Å². The fourth-order valence-electron chi connectivity index (χ4n) is 2.51. The topological polar surface area (TPSA) is 63.1 Å². The third-order valence-corrected chi connectivity index (χ3v) is 3.74. The summed E-state index contributed by atoms with van der Waals surface area (Å²) in [6.45, 7) is 0. The number of halogens is 1. The minimum absolute atomic E-state index is 0. The minimum Gasteiger partial charge on any atom is -0.276 e. The van der Waals surface area contributed by atoms with E-state index in [1.165, 1.54) is 0 Å². The van der Waals surface area contributed by atoms with Crippen molar-refractivity contribution in [1.82, 2.24) is 15.0 Å². The number of hydrazone groups is 1. The van der Waals surface area contributed by atoms with Crippen molar-refractivity contribution in [2.45, 2.75) is 0 Å². The van der Waals surface area contributed by atoms with Crippen LogP contribution in [0.4, 0.5) is 5.69 Å². The highest BCUT2D eigenvalue weighted by atomic mass is 35.5. The van der Waals surface area contributed by atoms with Gasteiger partial charge in [-0.25, -0.2) is 9.97 Å². The zero-order valence-electron chi connectivity index (χ0n) is 13.8. The summed E-state index contributed by atoms with van der Waals surface area (Å²) in [6.07, 6.45) is 6.97. The summed E-state index contributed by atoms with van der Waals surface area (Å²) in [4.78, 5) is 13.2. The van der Waals surface area contributed by atoms with Gasteiger partial charge in [0, 0.05) is 35.1 Å². The SMILES string of the molecule is C(=NNc1cccc2cccnc12)c1cnc(-c2ccccc2)nc1.Cl. The molecule has 6 heteroatoms. The predicted octanol–water partition coefficient (Wildman–Crippen LogP) is 4.56. The van der Waals surface area contributed by atoms with Gasteiger partial charge in [0.25, 0.3) is 0 Å². The molecule has 0 spiro atoms. The van der Waals surface area contributed by atoms with Crippen LogP contribution in [-0.4, -0.2) is 21.2 Å². The van der Waals surface area contributed by atoms with Crippen molar-refractivity contribution >= 4 is 35.2 Å². The Hall–Kier alpha value is -3.31. The molecule has 0 saturated heterocycles. The lowest BCUT2D eigenvalue weighted by Crippen LogP contribution is -1.95. The first kappa shape index (κ1) is 17.5. The number of benzene rings is 2. The Balaban J connectivity index is 0.00000196. The van der Waals surface area contributed by atoms with Gasteiger partial charge in [-0.05, 0) is 12.1 Å². The van der Waals surface area contributed by atoms with Gasteiger partial charge >= 0.3 is 0 Å². The van der Waals surface area contributed by atoms with Crippen LogP contribution in [0.1, 0.15) is 5.56 Å². The molecule has 0 fully saturated rings. The fraction of sp³-hybridized carbons (Fsp3) is 0. The molecule has 0 saturated carbocycles. The van der Waals surface area contributed by atoms with Gasteiger partial charge in [0.1, 0.15) is 0 Å². The number of rotatable bonds is 4. The molecule has 2 aromatic carbocycles. The number of hydrogen-bond acceptors (Lipinski definition) is 5. The van der Waals surface area contributed by atoms with Crippen molar-refractivity contribution in [3.05, 3.63) is 84.8 Å². The third kappa shape index (κ3) is 3.84. The Morgan fingerprint density at radius 2 is 1.58 bits per heavy atom. The van der Waals surface area contributed by atoms with E-state index in [1.807, 2.05) is 60.7 Å². The molecule has 4 aromatic rings. The molecule has 2 aromatic heterocycles. The monoisotopic (exact) mass is 361 g/mol. The first-order valence-electron chi connectivity index (χ1n) is 7.90. The molecule has 0 unspecified atom stereocenters. The van der Waals surface area contributed by atoms with E-state index in [2.05, 4.69) is 25.5 Å². The lowest BCUT2D eigenvalue weighted by molar-refractivity contribution is 1.17. The first-order valence-corrected chi connectivity index (χ1v) is 7.90. The maximum atomic E-state index is 4.39. The maximum Gasteiger partial charge on any atom is 0.159 e. The molecule has 0 aliphatic carbocycles. The minimum atomic E-state index is 0. The Kier molecular flexibility index (Phi) is 5.51. The summed E-state index contributed by atoms with van der Waals surface area (Å²) in [6, 6.07) is 19.8. The second-order valence-corrected chi connectivity index (χ2v) is 5.46. The largest absolute Gasteiger partial charge is 0.276 e. The van der Waals surface area contributed by atoms with Gasteiger partial charge in [-0.2, -0.15) is 5.10 Å². The summed E-state index contributed by atoms with van der Waals surface area (Å²) in [5.41, 5.74) is 6.59. The average Bonchev–Trinajstić information content (AvgIpc) is 2.69. The van der Waals surface area contributed by atoms with Crippen LogP contribution in [0.5, 0.6) is 0 Å². The van der Waals surface area contributed by atoms with Crippen LogP contribution >= 0.6 is 12.4 Å². The van der Waals surface area contributed by atoms with E-state index in [-0.39, 0.29) is 12.4 Å². The van der Waals surface area contributed by atoms with E-state index in [0.717, 1.165) is 27.7 Å². The smallest absolute Gasteiger partial charge is 0.159 e. The maximum absolute atomic E-state index is 4.39. The molecule has 0 bridgehead atoms. The number of nitrogens with zero attached hydrogens (tertiary/aromatic N) is 4. The number of nitrogens with one attached hydrogen (secondary N) is 1. The summed E-state index contributed by atoms with van der Waals surface area (Å²) < 4.78 is 0. The highest BCUT2D eigenvalue weighted by Crippen LogP contribution is 2.20. The standard InChI is InChI=1S/C20H15N5.ClH/c1-2-6-17(7-3-1)20-22-12-15(13-23-20)14-24-25-18-10-4-8-16-9-5-11-21-19(16)18;/h1-14,25H;1H. The summed E-state index contributed by atoms with van der Waals surface area (Å²) >= 11 is 0. The molecule has 128 valence electrons. The van der Waals surface area contributed by atoms with Gasteiger partial charge in [-0.15, -0.1) is 12.4 Å². The van der Waals surface area contributed by atoms with Gasteiger partial charge in [-0.1, -0.05) is 48.5 Å². The zero-order chi connectivity index (χ0) is 16.9. The molecular weight excluding hydrogens is 346 g/mol. The Morgan fingerprint density at radius 1 is 0.808 bits per heavy atom. The molecule has 5 nitrogen and oxygen atoms in total. The molecule has 1 N–H and O–H groups in total. The molecule has 0 radical (unpaired) electrons. The molecule has 26 heavy (non-hydrogen) atoms. The molecule has 0 aliphatic rings. The highest BCUT2D eigenvalue weighted by Gasteiger charge is 2.01. The van der Waals surface area contributed by atoms with E-state index in [0.29, 0.717) is 5.82 Å². The number of pyridine rings is 1. The first-order chi connectivity index (χ1) is 12.4. The van der Waals surface area contributed by atoms with Crippen LogP contribution in [0, 0.1) is 0 Å². The zero-order valence-corrected chi connectivity index (χ0v) is 14.6. The van der Waals surface area contributed by atoms with E-state index < -0.39 is 0 Å². The van der Waals surface area contributed by atoms with Crippen molar-refractivity contribution in [2.24, 2.45) is 5.10 Å². The number of para-hydroxylation sites is 1. The highest BCUT2D eigenvalue weighted by molar-refractivity contribution is 5.90. The number of hydrogen-bond donors (Lipinski definition) is 1. The van der Waals surface area contributed by atoms with Crippen LogP contribution < -0.4 is 5.43 Å². The second kappa shape index (κ2) is 8.18. The van der Waals surface area contributed by atoms with E-state index in [9.17, 15) is 0 Å². The average molecular weight is 362 g/mol. The Morgan fingerprint density at radius 3 is 2.38 bits per heavy atom. The van der Waals surface area contributed by atoms with Gasteiger partial charge in [0.05, 0.1) is 17.4 Å². The van der Waals surface area contributed by atoms with Gasteiger partial charge in [0.15, 0.2) is 5.82 Å². The van der Waals surface area contributed by atoms with Crippen LogP contribution in [-0.2, 0) is 0 Å². The normalized spacial score (nSPS) is 10.6. The van der Waals surface area contributed by atoms with Gasteiger partial charge in [0.2, 0.25) is 0 Å². The van der Waals surface area contributed by atoms with Crippen molar-refractivity contribution < 1.29 is 0 Å². The van der Waals surface area contributed by atoms with Gasteiger partial charge in [-0.3, -0.25) is 10.4 Å². The van der Waals surface area contributed by atoms with Gasteiger partial charge < -0.3 is 0 Å². The van der Waals surface area contributed by atoms with E-state index in [1.54, 1.807) is 24.8 Å². The summed E-state index contributed by atoms with van der Waals surface area (Å²) in [5.74, 6) is 0.698. The van der Waals surface area contributed by atoms with E-state index in [4.69, 9.17) is 0 Å². The quantitative estimate of drug-likeness (QED) is 0.427. The molecule has 4 rings (SSSR count). The molecule has 2 heterocycles. The van der Waals surface area contributed by atoms with Crippen molar-refractivity contribution in [3.8, 4) is 11.4 Å². The summed E-state index contributed by atoms with van der Waals surface area (Å²) in [5, 5.41) is 5.34. The van der Waals surface area contributed by atoms with Crippen LogP contribution in [0.25, 0.3) is 22.3 Å². The predicted molar refractivity (Wildman–Crippen MR) is 108 cm³/mol. The van der Waals surface area contributed by atoms with Crippen molar-refractivity contribution in [1.29, 1.82) is 0 Å². The van der Waals surface area contributed by atoms with Crippen molar-refractivity contribution in [3.63, 3.8) is 0 Å². The van der Waals surface area contributed by atoms with Crippen molar-refractivity contribution in [2.75, 3.05) is 5.43 Å². The number of anilines is 1. The third-order valence-electron chi connectivity index (χ3n) is 3.74. The Labute approximate surface area is 157 Å². The molecule has 0 atom stereocenters. The Bertz CT molecular complexity index is 1010. The summed E-state index contributed by atoms with van der Waals surface area (Å²) in [7, 11) is 0. The second-order valence-electron chi connectivity index (χ2n) is 5.46.